The van der Waals surface area contributed by atoms with E-state index in [1.165, 1.54) is 10.4 Å². The van der Waals surface area contributed by atoms with Crippen molar-refractivity contribution in [3.05, 3.63) is 21.9 Å². The van der Waals surface area contributed by atoms with Gasteiger partial charge < -0.3 is 0 Å². The highest BCUT2D eigenvalue weighted by molar-refractivity contribution is 8.07. The van der Waals surface area contributed by atoms with Gasteiger partial charge in [-0.3, -0.25) is 0 Å². The molecular weight excluding hydrogens is 127 g/mol. The van der Waals surface area contributed by atoms with Crippen LogP contribution in [0.1, 0.15) is 20.8 Å². The van der Waals surface area contributed by atoms with E-state index in [4.69, 9.17) is 0 Å². The standard InChI is InChI=1S/C7H13BS/c1-4-7(8)9-5-6(2)3/h4-5H,8H2,1-3H3/b7-4-. The summed E-state index contributed by atoms with van der Waals surface area (Å²) in [5.41, 5.74) is 1.36. The molecule has 0 aliphatic heterocycles. The van der Waals surface area contributed by atoms with Crippen LogP contribution in [-0.2, 0) is 0 Å². The van der Waals surface area contributed by atoms with E-state index < -0.39 is 0 Å². The molecule has 0 spiro atoms. The second-order valence-electron chi connectivity index (χ2n) is 2.21. The highest BCUT2D eigenvalue weighted by Crippen LogP contribution is 2.14. The third-order valence-corrected chi connectivity index (χ3v) is 2.08. The first-order chi connectivity index (χ1) is 4.16. The first-order valence-corrected chi connectivity index (χ1v) is 3.97. The number of hydrogen-bond donors (Lipinski definition) is 0. The fraction of sp³-hybridized carbons (Fsp3) is 0.429. The summed E-state index contributed by atoms with van der Waals surface area (Å²) in [5.74, 6) is 0. The third kappa shape index (κ3) is 5.77. The third-order valence-electron chi connectivity index (χ3n) is 0.887. The van der Waals surface area contributed by atoms with Crippen LogP contribution >= 0.6 is 11.8 Å². The molecule has 0 bridgehead atoms. The lowest BCUT2D eigenvalue weighted by Gasteiger charge is -1.92. The van der Waals surface area contributed by atoms with Gasteiger partial charge in [-0.05, 0) is 26.2 Å². The molecule has 0 radical (unpaired) electrons. The van der Waals surface area contributed by atoms with E-state index in [9.17, 15) is 0 Å². The molecule has 0 nitrogen and oxygen atoms in total. The summed E-state index contributed by atoms with van der Waals surface area (Å²) in [7, 11) is 2.12. The monoisotopic (exact) mass is 140 g/mol. The summed E-state index contributed by atoms with van der Waals surface area (Å²) in [6, 6.07) is 0. The average Bonchev–Trinajstić information content (AvgIpc) is 1.83. The van der Waals surface area contributed by atoms with Crippen molar-refractivity contribution in [2.45, 2.75) is 20.8 Å². The number of hydrogen-bond acceptors (Lipinski definition) is 1. The van der Waals surface area contributed by atoms with Crippen LogP contribution in [0.4, 0.5) is 0 Å². The molecule has 0 aromatic carbocycles. The minimum absolute atomic E-state index is 1.36. The molecule has 0 aromatic heterocycles. The molecule has 0 saturated carbocycles. The minimum atomic E-state index is 1.36. The molecule has 2 heteroatoms. The highest BCUT2D eigenvalue weighted by Gasteiger charge is 1.82. The Balaban J connectivity index is 3.64. The van der Waals surface area contributed by atoms with Gasteiger partial charge >= 0.3 is 0 Å². The van der Waals surface area contributed by atoms with Gasteiger partial charge in [0.2, 0.25) is 0 Å². The van der Waals surface area contributed by atoms with Crippen molar-refractivity contribution in [2.24, 2.45) is 0 Å². The van der Waals surface area contributed by atoms with E-state index in [0.717, 1.165) is 0 Å². The Labute approximate surface area is 62.8 Å². The fourth-order valence-corrected chi connectivity index (χ4v) is 0.837. The van der Waals surface area contributed by atoms with Crippen molar-refractivity contribution in [2.75, 3.05) is 0 Å². The van der Waals surface area contributed by atoms with Crippen molar-refractivity contribution in [3.63, 3.8) is 0 Å². The van der Waals surface area contributed by atoms with Crippen LogP contribution in [0.3, 0.4) is 0 Å². The molecule has 0 atom stereocenters. The molecule has 0 heterocycles. The van der Waals surface area contributed by atoms with Gasteiger partial charge in [0.15, 0.2) is 0 Å². The zero-order chi connectivity index (χ0) is 7.28. The van der Waals surface area contributed by atoms with E-state index in [1.54, 1.807) is 11.8 Å². The Bertz CT molecular complexity index is 132. The van der Waals surface area contributed by atoms with Crippen molar-refractivity contribution >= 4 is 19.6 Å². The molecule has 0 aromatic rings. The van der Waals surface area contributed by atoms with Crippen LogP contribution < -0.4 is 0 Å². The predicted molar refractivity (Wildman–Crippen MR) is 49.3 cm³/mol. The fourth-order valence-electron chi connectivity index (χ4n) is 0.279. The van der Waals surface area contributed by atoms with Crippen LogP contribution in [0.2, 0.25) is 0 Å². The Morgan fingerprint density at radius 2 is 2.00 bits per heavy atom. The number of rotatable bonds is 2. The van der Waals surface area contributed by atoms with Crippen LogP contribution in [0, 0.1) is 0 Å². The Morgan fingerprint density at radius 3 is 2.33 bits per heavy atom. The SMILES string of the molecule is B/C(=C/C)SC=C(C)C. The van der Waals surface area contributed by atoms with Crippen molar-refractivity contribution in [3.8, 4) is 0 Å². The van der Waals surface area contributed by atoms with Gasteiger partial charge in [-0.15, -0.1) is 11.8 Å². The molecule has 0 unspecified atom stereocenters. The van der Waals surface area contributed by atoms with Gasteiger partial charge in [0.05, 0.1) is 0 Å². The van der Waals surface area contributed by atoms with Gasteiger partial charge in [0, 0.05) is 0 Å². The minimum Gasteiger partial charge on any atom is -0.114 e. The second-order valence-corrected chi connectivity index (χ2v) is 3.33. The van der Waals surface area contributed by atoms with Crippen molar-refractivity contribution < 1.29 is 0 Å². The summed E-state index contributed by atoms with van der Waals surface area (Å²) in [6.45, 7) is 6.27. The normalized spacial score (nSPS) is 11.2. The van der Waals surface area contributed by atoms with Crippen molar-refractivity contribution in [1.82, 2.24) is 0 Å². The summed E-state index contributed by atoms with van der Waals surface area (Å²) in [4.78, 5) is 1.36. The molecule has 0 N–H and O–H groups in total. The largest absolute Gasteiger partial charge is 0.147 e. The lowest BCUT2D eigenvalue weighted by Crippen LogP contribution is -1.68. The summed E-state index contributed by atoms with van der Waals surface area (Å²) >= 11 is 1.78. The van der Waals surface area contributed by atoms with Crippen molar-refractivity contribution in [1.29, 1.82) is 0 Å². The summed E-state index contributed by atoms with van der Waals surface area (Å²) in [6.07, 6.45) is 2.12. The first-order valence-electron chi connectivity index (χ1n) is 3.09. The highest BCUT2D eigenvalue weighted by atomic mass is 32.2. The molecule has 50 valence electrons. The molecule has 0 rings (SSSR count). The molecule has 0 fully saturated rings. The van der Waals surface area contributed by atoms with Gasteiger partial charge in [-0.25, -0.2) is 0 Å². The number of allylic oxidation sites excluding steroid dienone is 2. The zero-order valence-electron chi connectivity index (χ0n) is 6.56. The first kappa shape index (κ1) is 8.89. The van der Waals surface area contributed by atoms with Gasteiger partial charge in [-0.2, -0.15) is 0 Å². The van der Waals surface area contributed by atoms with Gasteiger partial charge in [0.25, 0.3) is 0 Å². The van der Waals surface area contributed by atoms with Gasteiger partial charge in [-0.1, -0.05) is 16.5 Å². The Kier molecular flexibility index (Phi) is 4.69. The average molecular weight is 140 g/mol. The van der Waals surface area contributed by atoms with Gasteiger partial charge in [0.1, 0.15) is 7.85 Å². The topological polar surface area (TPSA) is 0 Å². The van der Waals surface area contributed by atoms with Crippen LogP contribution in [0.5, 0.6) is 0 Å². The van der Waals surface area contributed by atoms with Crippen LogP contribution in [0.25, 0.3) is 0 Å². The lowest BCUT2D eigenvalue weighted by molar-refractivity contribution is 1.42. The van der Waals surface area contributed by atoms with Crippen LogP contribution in [0.15, 0.2) is 21.9 Å². The van der Waals surface area contributed by atoms with E-state index in [0.29, 0.717) is 0 Å². The molecule has 0 saturated heterocycles. The second kappa shape index (κ2) is 4.74. The predicted octanol–water partition coefficient (Wildman–Crippen LogP) is 2.14. The Morgan fingerprint density at radius 1 is 1.44 bits per heavy atom. The Hall–Kier alpha value is -0.105. The van der Waals surface area contributed by atoms with E-state index >= 15 is 0 Å². The summed E-state index contributed by atoms with van der Waals surface area (Å²) in [5, 5.41) is 2.16. The maximum absolute atomic E-state index is 2.16. The quantitative estimate of drug-likeness (QED) is 0.529. The number of thioether (sulfide) groups is 1. The molecule has 0 aliphatic rings. The lowest BCUT2D eigenvalue weighted by atomic mass is 10.1. The van der Waals surface area contributed by atoms with E-state index in [-0.39, 0.29) is 0 Å². The molecular formula is C7H13BS. The summed E-state index contributed by atoms with van der Waals surface area (Å²) < 4.78 is 0. The molecule has 0 amide bonds. The molecule has 0 aliphatic carbocycles. The maximum Gasteiger partial charge on any atom is 0.147 e. The van der Waals surface area contributed by atoms with E-state index in [1.807, 2.05) is 0 Å². The zero-order valence-corrected chi connectivity index (χ0v) is 7.38. The maximum atomic E-state index is 2.16. The van der Waals surface area contributed by atoms with E-state index in [2.05, 4.69) is 40.1 Å². The van der Waals surface area contributed by atoms with Crippen LogP contribution in [-0.4, -0.2) is 7.85 Å². The molecule has 9 heavy (non-hydrogen) atoms. The smallest absolute Gasteiger partial charge is 0.114 e.